The van der Waals surface area contributed by atoms with Crippen LogP contribution in [0.4, 0.5) is 32.3 Å². The van der Waals surface area contributed by atoms with Gasteiger partial charge in [-0.25, -0.2) is 22.6 Å². The molecule has 63 heavy (non-hydrogen) atoms. The van der Waals surface area contributed by atoms with Crippen molar-refractivity contribution in [1.82, 2.24) is 49.8 Å². The van der Waals surface area contributed by atoms with E-state index in [1.807, 2.05) is 39.1 Å². The third kappa shape index (κ3) is 8.02. The standard InChI is InChI=1S/C43H46FN13O5S/c1-25(2)36-23-54(29-9-11-32-35(18-29)53(5)51-40(32)56-14-13-37(58)49-43(56)59)15-16-55(36)22-27-7-6-8-30(17-27)63(60,61)31-10-12-34(33(44)19-31)48-42-50-41-39(62-26(3)4)38(28-20-46-47-21-28)45-24-57(41)52-42/h6-12,17-21,24-26,36H,13-16,22-23H2,1-5H3,(H,46,47)(H,48,52)(H,49,58,59)/t36-/m1/s1. The molecular weight excluding hydrogens is 830 g/mol. The Morgan fingerprint density at radius 3 is 2.56 bits per heavy atom. The number of benzene rings is 3. The zero-order chi connectivity index (χ0) is 44.2. The Balaban J connectivity index is 0.893. The number of fused-ring (bicyclic) bond motifs is 2. The molecule has 3 amide bonds. The van der Waals surface area contributed by atoms with Gasteiger partial charge in [0.2, 0.25) is 27.3 Å². The molecule has 2 saturated heterocycles. The predicted molar refractivity (Wildman–Crippen MR) is 233 cm³/mol. The Kier molecular flexibility index (Phi) is 10.8. The van der Waals surface area contributed by atoms with Crippen molar-refractivity contribution < 1.29 is 27.1 Å². The number of urea groups is 1. The lowest BCUT2D eigenvalue weighted by molar-refractivity contribution is -0.120. The molecular formula is C43H46FN13O5S. The van der Waals surface area contributed by atoms with E-state index in [0.29, 0.717) is 35.0 Å². The Hall–Kier alpha value is -6.93. The molecule has 7 aromatic rings. The minimum Gasteiger partial charge on any atom is -0.485 e. The number of nitrogens with one attached hydrogen (secondary N) is 3. The molecule has 0 radical (unpaired) electrons. The van der Waals surface area contributed by atoms with Crippen molar-refractivity contribution >= 4 is 61.5 Å². The average Bonchev–Trinajstić information content (AvgIpc) is 4.01. The molecule has 0 bridgehead atoms. The number of hydrogen-bond acceptors (Lipinski definition) is 13. The van der Waals surface area contributed by atoms with Gasteiger partial charge < -0.3 is 15.0 Å². The summed E-state index contributed by atoms with van der Waals surface area (Å²) in [5.74, 6) is 0.142. The number of imide groups is 1. The first kappa shape index (κ1) is 41.4. The monoisotopic (exact) mass is 875 g/mol. The van der Waals surface area contributed by atoms with Gasteiger partial charge in [-0.15, -0.1) is 5.10 Å². The summed E-state index contributed by atoms with van der Waals surface area (Å²) in [6.45, 7) is 11.1. The van der Waals surface area contributed by atoms with Gasteiger partial charge in [-0.3, -0.25) is 29.7 Å². The fraction of sp³-hybridized carbons (Fsp3) is 0.326. The number of halogens is 1. The molecule has 0 saturated carbocycles. The summed E-state index contributed by atoms with van der Waals surface area (Å²) in [6, 6.07) is 16.3. The van der Waals surface area contributed by atoms with Crippen LogP contribution in [0.15, 0.2) is 89.2 Å². The molecule has 2 fully saturated rings. The number of carbonyl (C=O) groups excluding carboxylic acids is 2. The summed E-state index contributed by atoms with van der Waals surface area (Å²) < 4.78 is 52.9. The highest BCUT2D eigenvalue weighted by molar-refractivity contribution is 7.91. The predicted octanol–water partition coefficient (Wildman–Crippen LogP) is 5.70. The number of H-pyrrole nitrogens is 1. The number of anilines is 4. The van der Waals surface area contributed by atoms with Gasteiger partial charge in [0.15, 0.2) is 11.6 Å². The van der Waals surface area contributed by atoms with E-state index in [0.717, 1.165) is 47.9 Å². The summed E-state index contributed by atoms with van der Waals surface area (Å²) in [7, 11) is -2.25. The number of hydrogen-bond donors (Lipinski definition) is 3. The number of rotatable bonds is 12. The minimum atomic E-state index is -4.10. The molecule has 0 aliphatic carbocycles. The molecule has 6 heterocycles. The number of aryl methyl sites for hydroxylation is 1. The molecule has 3 aromatic carbocycles. The second-order valence-electron chi connectivity index (χ2n) is 16.3. The maximum atomic E-state index is 15.7. The first-order chi connectivity index (χ1) is 30.2. The Morgan fingerprint density at radius 2 is 1.81 bits per heavy atom. The van der Waals surface area contributed by atoms with Gasteiger partial charge in [0, 0.05) is 75.1 Å². The van der Waals surface area contributed by atoms with E-state index < -0.39 is 21.7 Å². The quantitative estimate of drug-likeness (QED) is 0.135. The summed E-state index contributed by atoms with van der Waals surface area (Å²) in [6.07, 6.45) is 4.78. The maximum absolute atomic E-state index is 15.7. The van der Waals surface area contributed by atoms with Crippen LogP contribution in [-0.4, -0.2) is 103 Å². The highest BCUT2D eigenvalue weighted by Gasteiger charge is 2.32. The Morgan fingerprint density at radius 1 is 0.984 bits per heavy atom. The highest BCUT2D eigenvalue weighted by atomic mass is 32.2. The number of ether oxygens (including phenoxy) is 1. The SMILES string of the molecule is CC(C)Oc1c(-c2cn[nH]c2)ncn2nc(Nc3ccc(S(=O)(=O)c4cccc(CN5CCN(c6ccc7c(N8CCC(=O)NC8=O)nn(C)c7c6)C[C@@H]5C(C)C)c4)cc3F)nc12. The second kappa shape index (κ2) is 16.4. The molecule has 0 spiro atoms. The summed E-state index contributed by atoms with van der Waals surface area (Å²) >= 11 is 0. The van der Waals surface area contributed by atoms with Gasteiger partial charge in [-0.1, -0.05) is 26.0 Å². The fourth-order valence-electron chi connectivity index (χ4n) is 8.18. The number of carbonyl (C=O) groups is 2. The average molecular weight is 876 g/mol. The molecule has 326 valence electrons. The van der Waals surface area contributed by atoms with Gasteiger partial charge in [-0.2, -0.15) is 19.7 Å². The van der Waals surface area contributed by atoms with Crippen LogP contribution in [0.25, 0.3) is 27.8 Å². The fourth-order valence-corrected chi connectivity index (χ4v) is 9.53. The molecule has 0 unspecified atom stereocenters. The van der Waals surface area contributed by atoms with Gasteiger partial charge in [0.25, 0.3) is 0 Å². The lowest BCUT2D eigenvalue weighted by Crippen LogP contribution is -2.54. The van der Waals surface area contributed by atoms with Gasteiger partial charge in [-0.05, 0) is 73.9 Å². The number of sulfone groups is 1. The van der Waals surface area contributed by atoms with Gasteiger partial charge >= 0.3 is 6.03 Å². The van der Waals surface area contributed by atoms with Crippen LogP contribution in [0.5, 0.6) is 5.75 Å². The van der Waals surface area contributed by atoms with Crippen molar-refractivity contribution in [3.05, 3.63) is 90.8 Å². The minimum absolute atomic E-state index is 0.0120. The zero-order valence-corrected chi connectivity index (χ0v) is 36.1. The van der Waals surface area contributed by atoms with Crippen LogP contribution in [0.3, 0.4) is 0 Å². The van der Waals surface area contributed by atoms with Crippen molar-refractivity contribution in [1.29, 1.82) is 0 Å². The number of piperazine rings is 1. The lowest BCUT2D eigenvalue weighted by Gasteiger charge is -2.44. The summed E-state index contributed by atoms with van der Waals surface area (Å²) in [4.78, 5) is 39.5. The van der Waals surface area contributed by atoms with E-state index in [1.54, 1.807) is 29.2 Å². The summed E-state index contributed by atoms with van der Waals surface area (Å²) in [5.41, 5.74) is 4.26. The van der Waals surface area contributed by atoms with E-state index >= 15 is 4.39 Å². The second-order valence-corrected chi connectivity index (χ2v) is 18.3. The Labute approximate surface area is 362 Å². The van der Waals surface area contributed by atoms with Crippen molar-refractivity contribution in [2.75, 3.05) is 41.3 Å². The number of aromatic amines is 1. The molecule has 20 heteroatoms. The van der Waals surface area contributed by atoms with Crippen molar-refractivity contribution in [3.8, 4) is 17.0 Å². The third-order valence-electron chi connectivity index (χ3n) is 11.4. The van der Waals surface area contributed by atoms with E-state index in [4.69, 9.17) is 4.74 Å². The number of amides is 3. The smallest absolute Gasteiger partial charge is 0.329 e. The third-order valence-corrected chi connectivity index (χ3v) is 13.1. The lowest BCUT2D eigenvalue weighted by atomic mass is 9.98. The van der Waals surface area contributed by atoms with Crippen LogP contribution in [0, 0.1) is 11.7 Å². The number of aromatic nitrogens is 8. The van der Waals surface area contributed by atoms with Gasteiger partial charge in [0.1, 0.15) is 17.8 Å². The van der Waals surface area contributed by atoms with E-state index in [1.165, 1.54) is 33.9 Å². The molecule has 4 aromatic heterocycles. The zero-order valence-electron chi connectivity index (χ0n) is 35.3. The van der Waals surface area contributed by atoms with E-state index in [-0.39, 0.29) is 58.4 Å². The van der Waals surface area contributed by atoms with Crippen molar-refractivity contribution in [3.63, 3.8) is 0 Å². The van der Waals surface area contributed by atoms with Crippen molar-refractivity contribution in [2.45, 2.75) is 62.6 Å². The van der Waals surface area contributed by atoms with Crippen LogP contribution < -0.4 is 25.2 Å². The summed E-state index contributed by atoms with van der Waals surface area (Å²) in [5, 5.41) is 21.9. The molecule has 18 nitrogen and oxygen atoms in total. The van der Waals surface area contributed by atoms with Gasteiger partial charge in [0.05, 0.1) is 33.3 Å². The normalized spacial score (nSPS) is 16.5. The molecule has 9 rings (SSSR count). The molecule has 2 aliphatic heterocycles. The first-order valence-corrected chi connectivity index (χ1v) is 22.1. The van der Waals surface area contributed by atoms with Crippen LogP contribution in [0.1, 0.15) is 39.7 Å². The van der Waals surface area contributed by atoms with E-state index in [2.05, 4.69) is 70.7 Å². The highest BCUT2D eigenvalue weighted by Crippen LogP contribution is 2.35. The topological polar surface area (TPSA) is 201 Å². The van der Waals surface area contributed by atoms with Crippen LogP contribution in [0.2, 0.25) is 0 Å². The maximum Gasteiger partial charge on any atom is 0.329 e. The Bertz CT molecular complexity index is 2990. The first-order valence-electron chi connectivity index (χ1n) is 20.6. The molecule has 3 N–H and O–H groups in total. The van der Waals surface area contributed by atoms with Crippen molar-refractivity contribution in [2.24, 2.45) is 13.0 Å². The van der Waals surface area contributed by atoms with E-state index in [9.17, 15) is 18.0 Å². The molecule has 1 atom stereocenters. The largest absolute Gasteiger partial charge is 0.485 e. The van der Waals surface area contributed by atoms with Crippen LogP contribution in [-0.2, 0) is 28.2 Å². The number of nitrogens with zero attached hydrogens (tertiary/aromatic N) is 10. The van der Waals surface area contributed by atoms with Crippen LogP contribution >= 0.6 is 0 Å². The molecule has 2 aliphatic rings.